The maximum absolute atomic E-state index is 12.9. The molecule has 2 aromatic rings. The first-order valence-electron chi connectivity index (χ1n) is 8.08. The summed E-state index contributed by atoms with van der Waals surface area (Å²) in [4.78, 5) is 37.3. The highest BCUT2D eigenvalue weighted by Crippen LogP contribution is 2.28. The Kier molecular flexibility index (Phi) is 4.83. The van der Waals surface area contributed by atoms with E-state index in [1.807, 2.05) is 0 Å². The number of piperazine rings is 1. The molecule has 8 heteroatoms. The minimum Gasteiger partial charge on any atom is -0.465 e. The molecule has 134 valence electrons. The van der Waals surface area contributed by atoms with Gasteiger partial charge in [0.05, 0.1) is 4.92 Å². The van der Waals surface area contributed by atoms with Gasteiger partial charge in [0.15, 0.2) is 0 Å². The second-order valence-electron chi connectivity index (χ2n) is 5.91. The first kappa shape index (κ1) is 17.4. The van der Waals surface area contributed by atoms with Crippen molar-refractivity contribution in [3.63, 3.8) is 0 Å². The van der Waals surface area contributed by atoms with Crippen LogP contribution in [0.25, 0.3) is 11.1 Å². The number of non-ortho nitro benzene ring substituents is 1. The van der Waals surface area contributed by atoms with Gasteiger partial charge in [-0.1, -0.05) is 30.3 Å². The van der Waals surface area contributed by atoms with E-state index < -0.39 is 11.0 Å². The third kappa shape index (κ3) is 3.49. The van der Waals surface area contributed by atoms with Gasteiger partial charge in [0.25, 0.3) is 11.6 Å². The largest absolute Gasteiger partial charge is 0.465 e. The zero-order valence-corrected chi connectivity index (χ0v) is 13.9. The van der Waals surface area contributed by atoms with Crippen molar-refractivity contribution in [2.24, 2.45) is 0 Å². The summed E-state index contributed by atoms with van der Waals surface area (Å²) >= 11 is 0. The van der Waals surface area contributed by atoms with E-state index in [1.165, 1.54) is 17.0 Å². The van der Waals surface area contributed by atoms with Gasteiger partial charge in [0.2, 0.25) is 0 Å². The highest BCUT2D eigenvalue weighted by Gasteiger charge is 2.26. The topological polar surface area (TPSA) is 104 Å². The molecule has 0 bridgehead atoms. The zero-order valence-electron chi connectivity index (χ0n) is 13.9. The third-order valence-corrected chi connectivity index (χ3v) is 4.36. The maximum Gasteiger partial charge on any atom is 0.407 e. The number of nitro groups is 1. The van der Waals surface area contributed by atoms with Gasteiger partial charge in [-0.15, -0.1) is 0 Å². The number of amides is 2. The summed E-state index contributed by atoms with van der Waals surface area (Å²) in [5.74, 6) is -0.211. The van der Waals surface area contributed by atoms with Gasteiger partial charge in [0.1, 0.15) is 0 Å². The summed E-state index contributed by atoms with van der Waals surface area (Å²) in [5, 5.41) is 20.0. The minimum absolute atomic E-state index is 0.0418. The molecule has 0 radical (unpaired) electrons. The molecule has 0 aromatic heterocycles. The number of hydrogen-bond donors (Lipinski definition) is 1. The van der Waals surface area contributed by atoms with Crippen molar-refractivity contribution in [3.05, 3.63) is 64.2 Å². The van der Waals surface area contributed by atoms with Gasteiger partial charge in [-0.2, -0.15) is 0 Å². The Balaban J connectivity index is 1.88. The Morgan fingerprint density at radius 1 is 0.962 bits per heavy atom. The molecule has 0 spiro atoms. The molecule has 1 aliphatic heterocycles. The zero-order chi connectivity index (χ0) is 18.7. The molecule has 0 saturated carbocycles. The highest BCUT2D eigenvalue weighted by molar-refractivity contribution is 6.01. The number of carbonyl (C=O) groups excluding carboxylic acids is 1. The summed E-state index contributed by atoms with van der Waals surface area (Å²) in [7, 11) is 0. The van der Waals surface area contributed by atoms with E-state index in [0.29, 0.717) is 29.8 Å². The van der Waals surface area contributed by atoms with E-state index in [-0.39, 0.29) is 24.7 Å². The van der Waals surface area contributed by atoms with E-state index in [2.05, 4.69) is 0 Å². The summed E-state index contributed by atoms with van der Waals surface area (Å²) < 4.78 is 0. The predicted octanol–water partition coefficient (Wildman–Crippen LogP) is 2.70. The average molecular weight is 355 g/mol. The van der Waals surface area contributed by atoms with E-state index >= 15 is 0 Å². The lowest BCUT2D eigenvalue weighted by Crippen LogP contribution is -2.50. The Bertz CT molecular complexity index is 859. The van der Waals surface area contributed by atoms with Crippen LogP contribution >= 0.6 is 0 Å². The number of carbonyl (C=O) groups is 2. The van der Waals surface area contributed by atoms with Gasteiger partial charge in [0, 0.05) is 43.9 Å². The Hall–Kier alpha value is -3.42. The van der Waals surface area contributed by atoms with Crippen LogP contribution in [0, 0.1) is 10.1 Å². The molecule has 1 N–H and O–H groups in total. The molecule has 3 rings (SSSR count). The molecule has 1 heterocycles. The molecular weight excluding hydrogens is 338 g/mol. The third-order valence-electron chi connectivity index (χ3n) is 4.36. The molecule has 1 fully saturated rings. The molecule has 0 atom stereocenters. The van der Waals surface area contributed by atoms with Crippen molar-refractivity contribution in [2.75, 3.05) is 26.2 Å². The summed E-state index contributed by atoms with van der Waals surface area (Å²) in [6.07, 6.45) is -0.992. The number of rotatable bonds is 3. The first-order chi connectivity index (χ1) is 12.5. The van der Waals surface area contributed by atoms with Crippen LogP contribution in [0.5, 0.6) is 0 Å². The monoisotopic (exact) mass is 355 g/mol. The summed E-state index contributed by atoms with van der Waals surface area (Å²) in [5.41, 5.74) is 1.60. The van der Waals surface area contributed by atoms with Crippen LogP contribution in [0.4, 0.5) is 10.5 Å². The van der Waals surface area contributed by atoms with Crippen LogP contribution in [-0.4, -0.2) is 58.0 Å². The fourth-order valence-corrected chi connectivity index (χ4v) is 2.98. The van der Waals surface area contributed by atoms with Crippen LogP contribution in [0.15, 0.2) is 48.5 Å². The minimum atomic E-state index is -0.992. The van der Waals surface area contributed by atoms with Gasteiger partial charge < -0.3 is 14.9 Å². The van der Waals surface area contributed by atoms with Crippen molar-refractivity contribution in [2.45, 2.75) is 0 Å². The number of carboxylic acid groups (broad SMARTS) is 1. The van der Waals surface area contributed by atoms with Crippen LogP contribution < -0.4 is 0 Å². The smallest absolute Gasteiger partial charge is 0.407 e. The molecule has 0 unspecified atom stereocenters. The van der Waals surface area contributed by atoms with E-state index in [0.717, 1.165) is 0 Å². The first-order valence-corrected chi connectivity index (χ1v) is 8.08. The maximum atomic E-state index is 12.9. The molecule has 8 nitrogen and oxygen atoms in total. The highest BCUT2D eigenvalue weighted by atomic mass is 16.6. The summed E-state index contributed by atoms with van der Waals surface area (Å²) in [6.45, 7) is 1.16. The van der Waals surface area contributed by atoms with Crippen molar-refractivity contribution < 1.29 is 19.6 Å². The lowest BCUT2D eigenvalue weighted by Gasteiger charge is -2.33. The number of hydrogen-bond acceptors (Lipinski definition) is 4. The number of benzene rings is 2. The Morgan fingerprint density at radius 2 is 1.62 bits per heavy atom. The molecule has 0 aliphatic carbocycles. The van der Waals surface area contributed by atoms with Crippen LogP contribution in [0.3, 0.4) is 0 Å². The molecule has 26 heavy (non-hydrogen) atoms. The van der Waals surface area contributed by atoms with Crippen molar-refractivity contribution in [3.8, 4) is 11.1 Å². The number of nitro benzene ring substituents is 1. The van der Waals surface area contributed by atoms with Crippen LogP contribution in [0.1, 0.15) is 10.4 Å². The lowest BCUT2D eigenvalue weighted by atomic mass is 9.98. The molecule has 2 amide bonds. The van der Waals surface area contributed by atoms with Gasteiger partial charge in [-0.3, -0.25) is 14.9 Å². The van der Waals surface area contributed by atoms with E-state index in [9.17, 15) is 19.7 Å². The molecule has 2 aromatic carbocycles. The SMILES string of the molecule is O=C(O)N1CCN(C(=O)c2ccccc2-c2cccc([N+](=O)[O-])c2)CC1. The quantitative estimate of drug-likeness (QED) is 0.673. The van der Waals surface area contributed by atoms with Crippen LogP contribution in [0.2, 0.25) is 0 Å². The fraction of sp³-hybridized carbons (Fsp3) is 0.222. The van der Waals surface area contributed by atoms with Crippen molar-refractivity contribution >= 4 is 17.7 Å². The van der Waals surface area contributed by atoms with Crippen LogP contribution in [-0.2, 0) is 0 Å². The van der Waals surface area contributed by atoms with Gasteiger partial charge in [-0.05, 0) is 17.2 Å². The van der Waals surface area contributed by atoms with E-state index in [4.69, 9.17) is 5.11 Å². The van der Waals surface area contributed by atoms with Crippen molar-refractivity contribution in [1.82, 2.24) is 9.80 Å². The van der Waals surface area contributed by atoms with E-state index in [1.54, 1.807) is 41.3 Å². The normalized spacial score (nSPS) is 14.2. The second kappa shape index (κ2) is 7.22. The Morgan fingerprint density at radius 3 is 2.27 bits per heavy atom. The van der Waals surface area contributed by atoms with Gasteiger partial charge >= 0.3 is 6.09 Å². The number of nitrogens with zero attached hydrogens (tertiary/aromatic N) is 3. The Labute approximate surface area is 149 Å². The van der Waals surface area contributed by atoms with Crippen molar-refractivity contribution in [1.29, 1.82) is 0 Å². The fourth-order valence-electron chi connectivity index (χ4n) is 2.98. The standard InChI is InChI=1S/C18H17N3O5/c22-17(19-8-10-20(11-9-19)18(23)24)16-7-2-1-6-15(16)13-4-3-5-14(12-13)21(25)26/h1-7,12H,8-11H2,(H,23,24). The summed E-state index contributed by atoms with van der Waals surface area (Å²) in [6, 6.07) is 13.1. The molecule has 1 aliphatic rings. The predicted molar refractivity (Wildman–Crippen MR) is 94.0 cm³/mol. The molecular formula is C18H17N3O5. The van der Waals surface area contributed by atoms with Gasteiger partial charge in [-0.25, -0.2) is 4.79 Å². The average Bonchev–Trinajstić information content (AvgIpc) is 2.67. The second-order valence-corrected chi connectivity index (χ2v) is 5.91. The molecule has 1 saturated heterocycles. The lowest BCUT2D eigenvalue weighted by molar-refractivity contribution is -0.384.